The summed E-state index contributed by atoms with van der Waals surface area (Å²) in [7, 11) is 3.55. The smallest absolute Gasteiger partial charge is 0.415 e. The number of amides is 3. The number of aliphatic hydroxyl groups is 1. The summed E-state index contributed by atoms with van der Waals surface area (Å²) in [6.45, 7) is 4.10. The SMILES string of the molecule is COc1cc2c(cc1OCCCC(O)N1C[C@@H](CCl)c3c1cc(OC(=O)N1CCN(C)CC1)c1ccccc31)NC(=O)[C@@H]1CCCCN1C2=O. The molecule has 0 spiro atoms. The first-order valence-corrected chi connectivity index (χ1v) is 18.0. The van der Waals surface area contributed by atoms with Gasteiger partial charge in [0.15, 0.2) is 11.5 Å². The number of hydrogen-bond donors (Lipinski definition) is 2. The largest absolute Gasteiger partial charge is 0.493 e. The summed E-state index contributed by atoms with van der Waals surface area (Å²) in [6.07, 6.45) is 2.06. The van der Waals surface area contributed by atoms with E-state index in [1.807, 2.05) is 42.3 Å². The maximum Gasteiger partial charge on any atom is 0.415 e. The second-order valence-corrected chi connectivity index (χ2v) is 13.8. The van der Waals surface area contributed by atoms with Crippen LogP contribution in [-0.2, 0) is 4.79 Å². The number of likely N-dealkylation sites (N-methyl/N-ethyl adjacent to an activating group) is 1. The number of carbonyl (C=O) groups excluding carboxylic acids is 3. The molecule has 2 fully saturated rings. The van der Waals surface area contributed by atoms with Crippen molar-refractivity contribution in [2.24, 2.45) is 0 Å². The average molecular weight is 706 g/mol. The Kier molecular flexibility index (Phi) is 9.94. The number of carbonyl (C=O) groups is 3. The molecule has 0 aliphatic carbocycles. The van der Waals surface area contributed by atoms with E-state index in [0.29, 0.717) is 79.8 Å². The maximum absolute atomic E-state index is 13.4. The minimum Gasteiger partial charge on any atom is -0.493 e. The Balaban J connectivity index is 1.05. The highest BCUT2D eigenvalue weighted by Crippen LogP contribution is 2.46. The lowest BCUT2D eigenvalue weighted by Gasteiger charge is -2.32. The zero-order valence-electron chi connectivity index (χ0n) is 28.5. The van der Waals surface area contributed by atoms with Crippen molar-refractivity contribution in [3.63, 3.8) is 0 Å². The van der Waals surface area contributed by atoms with Crippen molar-refractivity contribution in [2.75, 3.05) is 76.1 Å². The van der Waals surface area contributed by atoms with Crippen LogP contribution < -0.4 is 24.4 Å². The van der Waals surface area contributed by atoms with Gasteiger partial charge in [-0.05, 0) is 56.2 Å². The lowest BCUT2D eigenvalue weighted by Crippen LogP contribution is -2.48. The highest BCUT2D eigenvalue weighted by Gasteiger charge is 2.38. The quantitative estimate of drug-likeness (QED) is 0.237. The van der Waals surface area contributed by atoms with E-state index in [1.165, 1.54) is 7.11 Å². The molecule has 7 rings (SSSR count). The van der Waals surface area contributed by atoms with Crippen molar-refractivity contribution in [2.45, 2.75) is 50.3 Å². The van der Waals surface area contributed by atoms with Crippen molar-refractivity contribution in [1.82, 2.24) is 14.7 Å². The number of methoxy groups -OCH3 is 1. The topological polar surface area (TPSA) is 124 Å². The molecule has 2 N–H and O–H groups in total. The monoisotopic (exact) mass is 705 g/mol. The minimum atomic E-state index is -0.851. The van der Waals surface area contributed by atoms with Crippen LogP contribution >= 0.6 is 11.6 Å². The molecule has 266 valence electrons. The summed E-state index contributed by atoms with van der Waals surface area (Å²) in [5, 5.41) is 16.2. The number of nitrogens with zero attached hydrogens (tertiary/aromatic N) is 4. The predicted molar refractivity (Wildman–Crippen MR) is 191 cm³/mol. The van der Waals surface area contributed by atoms with Gasteiger partial charge in [-0.25, -0.2) is 4.79 Å². The van der Waals surface area contributed by atoms with Gasteiger partial charge in [-0.2, -0.15) is 0 Å². The summed E-state index contributed by atoms with van der Waals surface area (Å²) < 4.78 is 17.7. The van der Waals surface area contributed by atoms with Crippen LogP contribution in [0.4, 0.5) is 16.2 Å². The number of alkyl halides is 1. The number of fused-ring (bicyclic) bond motifs is 5. The van der Waals surface area contributed by atoms with E-state index in [-0.39, 0.29) is 30.4 Å². The van der Waals surface area contributed by atoms with Gasteiger partial charge < -0.3 is 44.2 Å². The number of nitrogens with one attached hydrogen (secondary N) is 1. The number of piperazine rings is 1. The first-order chi connectivity index (χ1) is 24.3. The number of benzene rings is 3. The Morgan fingerprint density at radius 2 is 1.80 bits per heavy atom. The van der Waals surface area contributed by atoms with Gasteiger partial charge in [-0.15, -0.1) is 11.6 Å². The maximum atomic E-state index is 13.4. The van der Waals surface area contributed by atoms with Crippen molar-refractivity contribution < 1.29 is 33.7 Å². The Labute approximate surface area is 296 Å². The van der Waals surface area contributed by atoms with Gasteiger partial charge in [0.05, 0.1) is 25.0 Å². The fourth-order valence-corrected chi connectivity index (χ4v) is 7.87. The first-order valence-electron chi connectivity index (χ1n) is 17.5. The highest BCUT2D eigenvalue weighted by atomic mass is 35.5. The zero-order valence-corrected chi connectivity index (χ0v) is 29.3. The van der Waals surface area contributed by atoms with Crippen LogP contribution in [-0.4, -0.2) is 116 Å². The molecule has 0 bridgehead atoms. The number of hydrogen-bond acceptors (Lipinski definition) is 9. The third kappa shape index (κ3) is 6.52. The van der Waals surface area contributed by atoms with E-state index in [4.69, 9.17) is 25.8 Å². The second kappa shape index (κ2) is 14.5. The summed E-state index contributed by atoms with van der Waals surface area (Å²) in [5.74, 6) is 1.22. The normalized spacial score (nSPS) is 21.2. The summed E-state index contributed by atoms with van der Waals surface area (Å²) in [4.78, 5) is 47.1. The van der Waals surface area contributed by atoms with Crippen LogP contribution in [0.1, 0.15) is 53.9 Å². The molecule has 4 aliphatic heterocycles. The van der Waals surface area contributed by atoms with Crippen LogP contribution in [0.25, 0.3) is 10.8 Å². The Morgan fingerprint density at radius 3 is 2.56 bits per heavy atom. The number of rotatable bonds is 9. The molecule has 3 aromatic carbocycles. The van der Waals surface area contributed by atoms with E-state index < -0.39 is 12.3 Å². The molecule has 0 aromatic heterocycles. The van der Waals surface area contributed by atoms with E-state index in [9.17, 15) is 19.5 Å². The van der Waals surface area contributed by atoms with Gasteiger partial charge in [-0.1, -0.05) is 24.3 Å². The molecule has 3 atom stereocenters. The van der Waals surface area contributed by atoms with Gasteiger partial charge in [0.25, 0.3) is 5.91 Å². The van der Waals surface area contributed by atoms with E-state index in [1.54, 1.807) is 21.9 Å². The Morgan fingerprint density at radius 1 is 1.02 bits per heavy atom. The molecular weight excluding hydrogens is 662 g/mol. The third-order valence-corrected chi connectivity index (χ3v) is 10.8. The Hall–Kier alpha value is -4.26. The number of ether oxygens (including phenoxy) is 3. The van der Waals surface area contributed by atoms with Crippen LogP contribution in [0.15, 0.2) is 42.5 Å². The van der Waals surface area contributed by atoms with Gasteiger partial charge in [-0.3, -0.25) is 9.59 Å². The van der Waals surface area contributed by atoms with Gasteiger partial charge in [0.1, 0.15) is 18.0 Å². The molecule has 4 heterocycles. The summed E-state index contributed by atoms with van der Waals surface area (Å²) in [6, 6.07) is 12.5. The molecule has 1 unspecified atom stereocenters. The number of piperidine rings is 1. The first kappa shape index (κ1) is 34.2. The van der Waals surface area contributed by atoms with Crippen LogP contribution in [0.2, 0.25) is 0 Å². The van der Waals surface area contributed by atoms with Gasteiger partial charge in [0, 0.05) is 74.3 Å². The molecule has 12 nitrogen and oxygen atoms in total. The predicted octanol–water partition coefficient (Wildman–Crippen LogP) is 4.86. The number of anilines is 2. The molecule has 3 aromatic rings. The lowest BCUT2D eigenvalue weighted by atomic mass is 9.95. The molecule has 0 saturated carbocycles. The van der Waals surface area contributed by atoms with Gasteiger partial charge in [0.2, 0.25) is 5.91 Å². The molecule has 4 aliphatic rings. The van der Waals surface area contributed by atoms with Crippen molar-refractivity contribution >= 4 is 51.7 Å². The van der Waals surface area contributed by atoms with Crippen molar-refractivity contribution in [3.05, 3.63) is 53.6 Å². The lowest BCUT2D eigenvalue weighted by molar-refractivity contribution is -0.121. The molecule has 50 heavy (non-hydrogen) atoms. The second-order valence-electron chi connectivity index (χ2n) is 13.5. The van der Waals surface area contributed by atoms with Gasteiger partial charge >= 0.3 is 6.09 Å². The highest BCUT2D eigenvalue weighted by molar-refractivity contribution is 6.19. The van der Waals surface area contributed by atoms with Crippen molar-refractivity contribution in [1.29, 1.82) is 0 Å². The van der Waals surface area contributed by atoms with E-state index >= 15 is 0 Å². The molecule has 13 heteroatoms. The summed E-state index contributed by atoms with van der Waals surface area (Å²) in [5.41, 5.74) is 2.62. The molecule has 0 radical (unpaired) electrons. The average Bonchev–Trinajstić information content (AvgIpc) is 3.47. The molecular formula is C37H44ClN5O7. The fourth-order valence-electron chi connectivity index (χ4n) is 7.62. The van der Waals surface area contributed by atoms with Crippen LogP contribution in [0, 0.1) is 0 Å². The standard InChI is InChI=1S/C37H44ClN5O7/c1-40-13-15-41(16-14-40)37(47)50-30-20-29-34(25-9-4-3-8-24(25)30)23(21-38)22-43(29)33(44)11-7-17-49-32-19-27-26(18-31(32)48-2)36(46)42-12-6-5-10-28(42)35(45)39-27/h3-4,8-9,18-20,23,28,33,44H,5-7,10-17,21-22H2,1-2H3,(H,39,45)/t23-,28+,33?/m1/s1. The third-order valence-electron chi connectivity index (χ3n) is 10.4. The van der Waals surface area contributed by atoms with Crippen LogP contribution in [0.5, 0.6) is 17.2 Å². The van der Waals surface area contributed by atoms with E-state index in [2.05, 4.69) is 10.2 Å². The van der Waals surface area contributed by atoms with Crippen LogP contribution in [0.3, 0.4) is 0 Å². The Bertz CT molecular complexity index is 1780. The van der Waals surface area contributed by atoms with E-state index in [0.717, 1.165) is 48.0 Å². The molecule has 3 amide bonds. The fraction of sp³-hybridized carbons (Fsp3) is 0.486. The number of aliphatic hydroxyl groups excluding tert-OH is 1. The summed E-state index contributed by atoms with van der Waals surface area (Å²) >= 11 is 6.49. The minimum absolute atomic E-state index is 0.0215. The number of halogens is 1. The molecule has 2 saturated heterocycles. The van der Waals surface area contributed by atoms with Crippen molar-refractivity contribution in [3.8, 4) is 17.2 Å². The zero-order chi connectivity index (χ0) is 34.9.